The highest BCUT2D eigenvalue weighted by molar-refractivity contribution is 6.35. The van der Waals surface area contributed by atoms with E-state index in [1.807, 2.05) is 10.7 Å². The van der Waals surface area contributed by atoms with Gasteiger partial charge in [-0.1, -0.05) is 11.6 Å². The Morgan fingerprint density at radius 1 is 1.31 bits per heavy atom. The lowest BCUT2D eigenvalue weighted by Gasteiger charge is -2.33. The Kier molecular flexibility index (Phi) is 3.31. The standard InChI is InChI=1S/C18H18ClN5O2/c19-13-9-21-16-12(13)6-11(8-20-16)14-7-15-18(2-1-4-24(15)22-14)3-5-23(10-18)17(25)26/h6-9H,1-5,10H2,(H,20,21)(H,25,26). The Labute approximate surface area is 154 Å². The van der Waals surface area contributed by atoms with E-state index in [1.165, 1.54) is 4.90 Å². The van der Waals surface area contributed by atoms with E-state index in [1.54, 1.807) is 12.4 Å². The first-order chi connectivity index (χ1) is 12.6. The maximum Gasteiger partial charge on any atom is 0.407 e. The summed E-state index contributed by atoms with van der Waals surface area (Å²) < 4.78 is 2.05. The number of carboxylic acid groups (broad SMARTS) is 1. The quantitative estimate of drug-likeness (QED) is 0.685. The van der Waals surface area contributed by atoms with E-state index in [2.05, 4.69) is 16.0 Å². The van der Waals surface area contributed by atoms with Crippen molar-refractivity contribution in [2.24, 2.45) is 0 Å². The van der Waals surface area contributed by atoms with Gasteiger partial charge in [0.1, 0.15) is 5.65 Å². The monoisotopic (exact) mass is 371 g/mol. The van der Waals surface area contributed by atoms with E-state index in [4.69, 9.17) is 16.7 Å². The van der Waals surface area contributed by atoms with E-state index in [-0.39, 0.29) is 5.41 Å². The molecule has 2 N–H and O–H groups in total. The molecule has 1 spiro atoms. The lowest BCUT2D eigenvalue weighted by Crippen LogP contribution is -2.38. The number of nitrogens with zero attached hydrogens (tertiary/aromatic N) is 4. The number of aromatic amines is 1. The number of halogens is 1. The first-order valence-electron chi connectivity index (χ1n) is 8.75. The highest BCUT2D eigenvalue weighted by Crippen LogP contribution is 2.43. The van der Waals surface area contributed by atoms with Crippen LogP contribution in [0, 0.1) is 0 Å². The van der Waals surface area contributed by atoms with Crippen LogP contribution in [0.2, 0.25) is 5.02 Å². The summed E-state index contributed by atoms with van der Waals surface area (Å²) in [7, 11) is 0. The molecule has 7 nitrogen and oxygen atoms in total. The first kappa shape index (κ1) is 15.7. The van der Waals surface area contributed by atoms with Crippen LogP contribution in [0.4, 0.5) is 4.79 Å². The lowest BCUT2D eigenvalue weighted by molar-refractivity contribution is 0.151. The molecule has 0 radical (unpaired) electrons. The third-order valence-corrected chi connectivity index (χ3v) is 6.06. The Morgan fingerprint density at radius 3 is 3.00 bits per heavy atom. The van der Waals surface area contributed by atoms with Crippen molar-refractivity contribution < 1.29 is 9.90 Å². The molecule has 8 heteroatoms. The van der Waals surface area contributed by atoms with Crippen molar-refractivity contribution in [1.82, 2.24) is 24.6 Å². The van der Waals surface area contributed by atoms with Gasteiger partial charge in [0, 0.05) is 54.1 Å². The molecule has 2 aliphatic heterocycles. The summed E-state index contributed by atoms with van der Waals surface area (Å²) in [6.07, 6.45) is 5.57. The molecule has 0 saturated carbocycles. The van der Waals surface area contributed by atoms with Crippen molar-refractivity contribution in [3.63, 3.8) is 0 Å². The second kappa shape index (κ2) is 5.48. The Morgan fingerprint density at radius 2 is 2.19 bits per heavy atom. The van der Waals surface area contributed by atoms with Gasteiger partial charge in [-0.2, -0.15) is 5.10 Å². The first-order valence-corrected chi connectivity index (χ1v) is 9.13. The molecule has 0 bridgehead atoms. The van der Waals surface area contributed by atoms with Gasteiger partial charge in [0.05, 0.1) is 10.7 Å². The van der Waals surface area contributed by atoms with Crippen LogP contribution >= 0.6 is 11.6 Å². The third-order valence-electron chi connectivity index (χ3n) is 5.75. The fourth-order valence-corrected chi connectivity index (χ4v) is 4.61. The Balaban J connectivity index is 1.57. The van der Waals surface area contributed by atoms with Gasteiger partial charge in [-0.3, -0.25) is 4.68 Å². The summed E-state index contributed by atoms with van der Waals surface area (Å²) in [6.45, 7) is 2.00. The smallest absolute Gasteiger partial charge is 0.407 e. The summed E-state index contributed by atoms with van der Waals surface area (Å²) in [4.78, 5) is 20.4. The van der Waals surface area contributed by atoms with Crippen LogP contribution in [0.1, 0.15) is 25.0 Å². The second-order valence-corrected chi connectivity index (χ2v) is 7.64. The van der Waals surface area contributed by atoms with Gasteiger partial charge in [-0.25, -0.2) is 9.78 Å². The van der Waals surface area contributed by atoms with Crippen LogP contribution in [0.5, 0.6) is 0 Å². The molecule has 5 rings (SSSR count). The molecule has 1 atom stereocenters. The van der Waals surface area contributed by atoms with Crippen molar-refractivity contribution in [2.75, 3.05) is 13.1 Å². The molecule has 1 unspecified atom stereocenters. The molecule has 1 fully saturated rings. The average molecular weight is 372 g/mol. The third kappa shape index (κ3) is 2.23. The fourth-order valence-electron chi connectivity index (χ4n) is 4.41. The second-order valence-electron chi connectivity index (χ2n) is 7.23. The number of amides is 1. The molecular formula is C18H18ClN5O2. The van der Waals surface area contributed by atoms with Gasteiger partial charge < -0.3 is 15.0 Å². The highest BCUT2D eigenvalue weighted by atomic mass is 35.5. The van der Waals surface area contributed by atoms with E-state index >= 15 is 0 Å². The van der Waals surface area contributed by atoms with Crippen LogP contribution in [-0.4, -0.2) is 48.9 Å². The number of carbonyl (C=O) groups is 1. The van der Waals surface area contributed by atoms with E-state index in [0.29, 0.717) is 18.1 Å². The van der Waals surface area contributed by atoms with Crippen LogP contribution < -0.4 is 0 Å². The summed E-state index contributed by atoms with van der Waals surface area (Å²) in [5.41, 5.74) is 3.56. The Hall–Kier alpha value is -2.54. The molecule has 1 amide bonds. The molecule has 134 valence electrons. The van der Waals surface area contributed by atoms with Crippen LogP contribution in [-0.2, 0) is 12.0 Å². The number of fused-ring (bicyclic) bond motifs is 3. The number of hydrogen-bond acceptors (Lipinski definition) is 3. The largest absolute Gasteiger partial charge is 0.465 e. The number of rotatable bonds is 1. The van der Waals surface area contributed by atoms with E-state index < -0.39 is 6.09 Å². The van der Waals surface area contributed by atoms with Gasteiger partial charge in [-0.15, -0.1) is 0 Å². The van der Waals surface area contributed by atoms with Gasteiger partial charge in [0.25, 0.3) is 0 Å². The molecule has 1 saturated heterocycles. The van der Waals surface area contributed by atoms with Crippen molar-refractivity contribution >= 4 is 28.7 Å². The average Bonchev–Trinajstić information content (AvgIpc) is 3.33. The minimum Gasteiger partial charge on any atom is -0.465 e. The summed E-state index contributed by atoms with van der Waals surface area (Å²) in [6, 6.07) is 4.11. The number of aryl methyl sites for hydroxylation is 1. The molecule has 3 aromatic rings. The molecule has 0 aromatic carbocycles. The normalized spacial score (nSPS) is 22.3. The maximum atomic E-state index is 11.4. The predicted octanol–water partition coefficient (Wildman–Crippen LogP) is 3.50. The number of nitrogens with one attached hydrogen (secondary N) is 1. The van der Waals surface area contributed by atoms with Crippen molar-refractivity contribution in [3.05, 3.63) is 35.2 Å². The molecule has 0 aliphatic carbocycles. The van der Waals surface area contributed by atoms with E-state index in [9.17, 15) is 9.90 Å². The summed E-state index contributed by atoms with van der Waals surface area (Å²) >= 11 is 6.22. The Bertz CT molecular complexity index is 1030. The minimum atomic E-state index is -0.838. The van der Waals surface area contributed by atoms with Crippen LogP contribution in [0.15, 0.2) is 24.5 Å². The van der Waals surface area contributed by atoms with Gasteiger partial charge in [-0.05, 0) is 31.4 Å². The molecular weight excluding hydrogens is 354 g/mol. The number of likely N-dealkylation sites (tertiary alicyclic amines) is 1. The zero-order valence-electron chi connectivity index (χ0n) is 14.1. The maximum absolute atomic E-state index is 11.4. The van der Waals surface area contributed by atoms with Crippen molar-refractivity contribution in [2.45, 2.75) is 31.2 Å². The summed E-state index contributed by atoms with van der Waals surface area (Å²) in [5, 5.41) is 15.7. The fraction of sp³-hybridized carbons (Fsp3) is 0.389. The van der Waals surface area contributed by atoms with Gasteiger partial charge in [0.15, 0.2) is 0 Å². The summed E-state index contributed by atoms with van der Waals surface area (Å²) in [5.74, 6) is 0. The van der Waals surface area contributed by atoms with Crippen LogP contribution in [0.3, 0.4) is 0 Å². The zero-order valence-corrected chi connectivity index (χ0v) is 14.8. The number of hydrogen-bond donors (Lipinski definition) is 2. The SMILES string of the molecule is O=C(O)N1CCC2(CCCn3nc(-c4cnc5[nH]cc(Cl)c5c4)cc32)C1. The molecule has 26 heavy (non-hydrogen) atoms. The van der Waals surface area contributed by atoms with Gasteiger partial charge in [0.2, 0.25) is 0 Å². The van der Waals surface area contributed by atoms with Crippen molar-refractivity contribution in [1.29, 1.82) is 0 Å². The zero-order chi connectivity index (χ0) is 17.9. The number of H-pyrrole nitrogens is 1. The number of pyridine rings is 1. The van der Waals surface area contributed by atoms with Crippen LogP contribution in [0.25, 0.3) is 22.3 Å². The minimum absolute atomic E-state index is 0.120. The van der Waals surface area contributed by atoms with E-state index in [0.717, 1.165) is 53.8 Å². The molecule has 3 aromatic heterocycles. The lowest BCUT2D eigenvalue weighted by atomic mass is 9.77. The topological polar surface area (TPSA) is 87.0 Å². The predicted molar refractivity (Wildman–Crippen MR) is 97.5 cm³/mol. The molecule has 5 heterocycles. The molecule has 2 aliphatic rings. The van der Waals surface area contributed by atoms with Crippen molar-refractivity contribution in [3.8, 4) is 11.3 Å². The highest BCUT2D eigenvalue weighted by Gasteiger charge is 2.45. The van der Waals surface area contributed by atoms with Gasteiger partial charge >= 0.3 is 6.09 Å². The number of aromatic nitrogens is 4.